The Bertz CT molecular complexity index is 557. The van der Waals surface area contributed by atoms with Gasteiger partial charge in [0.25, 0.3) is 0 Å². The first-order chi connectivity index (χ1) is 9.78. The second kappa shape index (κ2) is 7.28. The number of hydrogen-bond acceptors (Lipinski definition) is 4. The number of rotatable bonds is 7. The van der Waals surface area contributed by atoms with E-state index in [1.807, 2.05) is 36.7 Å². The number of ether oxygens (including phenoxy) is 2. The van der Waals surface area contributed by atoms with Crippen LogP contribution in [0.25, 0.3) is 0 Å². The molecule has 20 heavy (non-hydrogen) atoms. The Balaban J connectivity index is 2.12. The summed E-state index contributed by atoms with van der Waals surface area (Å²) < 4.78 is 13.2. The smallest absolute Gasteiger partial charge is 0.164 e. The van der Waals surface area contributed by atoms with Gasteiger partial charge in [-0.1, -0.05) is 22.0 Å². The SMILES string of the molecule is CCOc1cc(CBr)ccc1OCc1ncnn1CC. The number of aryl methyl sites for hydroxylation is 1. The number of hydrogen-bond donors (Lipinski definition) is 0. The molecule has 2 aromatic rings. The van der Waals surface area contributed by atoms with E-state index in [1.54, 1.807) is 6.33 Å². The molecule has 0 bridgehead atoms. The van der Waals surface area contributed by atoms with Crippen LogP contribution in [0, 0.1) is 0 Å². The van der Waals surface area contributed by atoms with E-state index in [4.69, 9.17) is 9.47 Å². The predicted molar refractivity (Wildman–Crippen MR) is 80.3 cm³/mol. The Morgan fingerprint density at radius 3 is 2.75 bits per heavy atom. The predicted octanol–water partition coefficient (Wildman–Crippen LogP) is 3.17. The fourth-order valence-electron chi connectivity index (χ4n) is 1.83. The molecule has 0 fully saturated rings. The van der Waals surface area contributed by atoms with E-state index in [1.165, 1.54) is 0 Å². The van der Waals surface area contributed by atoms with E-state index in [0.29, 0.717) is 13.2 Å². The first-order valence-electron chi connectivity index (χ1n) is 6.59. The molecule has 0 aliphatic heterocycles. The van der Waals surface area contributed by atoms with Crippen LogP contribution in [0.5, 0.6) is 11.5 Å². The third-order valence-corrected chi connectivity index (χ3v) is 3.46. The monoisotopic (exact) mass is 339 g/mol. The summed E-state index contributed by atoms with van der Waals surface area (Å²) in [7, 11) is 0. The first-order valence-corrected chi connectivity index (χ1v) is 7.71. The Hall–Kier alpha value is -1.56. The van der Waals surface area contributed by atoms with E-state index in [0.717, 1.165) is 34.8 Å². The van der Waals surface area contributed by atoms with Crippen molar-refractivity contribution in [2.45, 2.75) is 32.3 Å². The van der Waals surface area contributed by atoms with Gasteiger partial charge in [0.2, 0.25) is 0 Å². The van der Waals surface area contributed by atoms with E-state index in [-0.39, 0.29) is 0 Å². The van der Waals surface area contributed by atoms with E-state index >= 15 is 0 Å². The zero-order valence-electron chi connectivity index (χ0n) is 11.7. The minimum atomic E-state index is 0.377. The fraction of sp³-hybridized carbons (Fsp3) is 0.429. The summed E-state index contributed by atoms with van der Waals surface area (Å²) in [6.07, 6.45) is 1.54. The Morgan fingerprint density at radius 2 is 2.05 bits per heavy atom. The maximum atomic E-state index is 5.81. The lowest BCUT2D eigenvalue weighted by Crippen LogP contribution is -2.08. The molecule has 0 saturated carbocycles. The summed E-state index contributed by atoms with van der Waals surface area (Å²) in [5, 5.41) is 4.91. The van der Waals surface area contributed by atoms with Crippen LogP contribution in [-0.2, 0) is 18.5 Å². The van der Waals surface area contributed by atoms with Crippen LogP contribution >= 0.6 is 15.9 Å². The largest absolute Gasteiger partial charge is 0.490 e. The van der Waals surface area contributed by atoms with Gasteiger partial charge in [-0.25, -0.2) is 9.67 Å². The highest BCUT2D eigenvalue weighted by molar-refractivity contribution is 9.08. The molecule has 1 aromatic heterocycles. The Morgan fingerprint density at radius 1 is 1.20 bits per heavy atom. The summed E-state index contributed by atoms with van der Waals surface area (Å²) in [6.45, 7) is 5.74. The molecule has 6 heteroatoms. The van der Waals surface area contributed by atoms with Crippen LogP contribution in [0.15, 0.2) is 24.5 Å². The summed E-state index contributed by atoms with van der Waals surface area (Å²) >= 11 is 3.44. The Kier molecular flexibility index (Phi) is 5.40. The van der Waals surface area contributed by atoms with Crippen LogP contribution in [0.3, 0.4) is 0 Å². The van der Waals surface area contributed by atoms with Crippen LogP contribution in [0.4, 0.5) is 0 Å². The van der Waals surface area contributed by atoms with Gasteiger partial charge in [0.1, 0.15) is 12.9 Å². The van der Waals surface area contributed by atoms with Crippen molar-refractivity contribution in [2.75, 3.05) is 6.61 Å². The van der Waals surface area contributed by atoms with Gasteiger partial charge in [0, 0.05) is 11.9 Å². The third kappa shape index (κ3) is 3.50. The summed E-state index contributed by atoms with van der Waals surface area (Å²) in [5.41, 5.74) is 1.15. The molecular formula is C14H18BrN3O2. The van der Waals surface area contributed by atoms with Crippen LogP contribution in [0.1, 0.15) is 25.2 Å². The number of halogens is 1. The van der Waals surface area contributed by atoms with Crippen LogP contribution in [-0.4, -0.2) is 21.4 Å². The number of nitrogens with zero attached hydrogens (tertiary/aromatic N) is 3. The highest BCUT2D eigenvalue weighted by Crippen LogP contribution is 2.29. The van der Waals surface area contributed by atoms with Gasteiger partial charge in [-0.05, 0) is 31.5 Å². The second-order valence-electron chi connectivity index (χ2n) is 4.13. The second-order valence-corrected chi connectivity index (χ2v) is 4.69. The van der Waals surface area contributed by atoms with E-state index < -0.39 is 0 Å². The molecule has 0 aliphatic carbocycles. The van der Waals surface area contributed by atoms with Crippen molar-refractivity contribution in [3.63, 3.8) is 0 Å². The molecular weight excluding hydrogens is 322 g/mol. The highest BCUT2D eigenvalue weighted by Gasteiger charge is 2.09. The van der Waals surface area contributed by atoms with Gasteiger partial charge in [-0.15, -0.1) is 0 Å². The maximum absolute atomic E-state index is 5.81. The molecule has 2 rings (SSSR count). The van der Waals surface area contributed by atoms with Gasteiger partial charge in [-0.2, -0.15) is 5.10 Å². The molecule has 108 valence electrons. The van der Waals surface area contributed by atoms with Crippen molar-refractivity contribution in [3.05, 3.63) is 35.9 Å². The van der Waals surface area contributed by atoms with Crippen LogP contribution < -0.4 is 9.47 Å². The lowest BCUT2D eigenvalue weighted by Gasteiger charge is -2.12. The molecule has 0 atom stereocenters. The molecule has 0 saturated heterocycles. The third-order valence-electron chi connectivity index (χ3n) is 2.81. The summed E-state index contributed by atoms with van der Waals surface area (Å²) in [4.78, 5) is 4.19. The van der Waals surface area contributed by atoms with E-state index in [9.17, 15) is 0 Å². The zero-order chi connectivity index (χ0) is 14.4. The molecule has 0 spiro atoms. The van der Waals surface area contributed by atoms with Gasteiger partial charge in [-0.3, -0.25) is 0 Å². The molecule has 0 unspecified atom stereocenters. The van der Waals surface area contributed by atoms with Crippen molar-refractivity contribution in [1.82, 2.24) is 14.8 Å². The zero-order valence-corrected chi connectivity index (χ0v) is 13.3. The molecule has 0 radical (unpaired) electrons. The summed E-state index contributed by atoms with van der Waals surface area (Å²) in [5.74, 6) is 2.29. The number of alkyl halides is 1. The normalized spacial score (nSPS) is 10.6. The van der Waals surface area contributed by atoms with Gasteiger partial charge in [0.15, 0.2) is 17.3 Å². The first kappa shape index (κ1) is 14.8. The Labute approximate surface area is 127 Å². The average Bonchev–Trinajstić information content (AvgIpc) is 2.93. The van der Waals surface area contributed by atoms with Crippen molar-refractivity contribution >= 4 is 15.9 Å². The van der Waals surface area contributed by atoms with Crippen molar-refractivity contribution in [2.24, 2.45) is 0 Å². The molecule has 1 heterocycles. The molecule has 0 aliphatic rings. The minimum Gasteiger partial charge on any atom is -0.490 e. The quantitative estimate of drug-likeness (QED) is 0.727. The lowest BCUT2D eigenvalue weighted by molar-refractivity contribution is 0.258. The summed E-state index contributed by atoms with van der Waals surface area (Å²) in [6, 6.07) is 5.92. The molecule has 0 amide bonds. The highest BCUT2D eigenvalue weighted by atomic mass is 79.9. The van der Waals surface area contributed by atoms with E-state index in [2.05, 4.69) is 26.0 Å². The number of aromatic nitrogens is 3. The fourth-order valence-corrected chi connectivity index (χ4v) is 2.18. The topological polar surface area (TPSA) is 49.2 Å². The van der Waals surface area contributed by atoms with Gasteiger partial charge < -0.3 is 9.47 Å². The van der Waals surface area contributed by atoms with Crippen molar-refractivity contribution < 1.29 is 9.47 Å². The van der Waals surface area contributed by atoms with Crippen LogP contribution in [0.2, 0.25) is 0 Å². The molecule has 1 aromatic carbocycles. The van der Waals surface area contributed by atoms with Gasteiger partial charge >= 0.3 is 0 Å². The standard InChI is InChI=1S/C14H18BrN3O2/c1-3-18-14(16-10-17-18)9-20-12-6-5-11(8-15)7-13(12)19-4-2/h5-7,10H,3-4,8-9H2,1-2H3. The van der Waals surface area contributed by atoms with Gasteiger partial charge in [0.05, 0.1) is 6.61 Å². The molecule has 0 N–H and O–H groups in total. The number of benzene rings is 1. The minimum absolute atomic E-state index is 0.377. The van der Waals surface area contributed by atoms with Crippen molar-refractivity contribution in [1.29, 1.82) is 0 Å². The average molecular weight is 340 g/mol. The van der Waals surface area contributed by atoms with Crippen molar-refractivity contribution in [3.8, 4) is 11.5 Å². The maximum Gasteiger partial charge on any atom is 0.164 e. The molecule has 5 nitrogen and oxygen atoms in total. The lowest BCUT2D eigenvalue weighted by atomic mass is 10.2.